The van der Waals surface area contributed by atoms with Crippen LogP contribution in [-0.2, 0) is 4.79 Å². The number of nitrogens with one attached hydrogen (secondary N) is 2. The Morgan fingerprint density at radius 3 is 2.03 bits per heavy atom. The van der Waals surface area contributed by atoms with Crippen molar-refractivity contribution in [3.8, 4) is 0 Å². The van der Waals surface area contributed by atoms with E-state index < -0.39 is 5.91 Å². The summed E-state index contributed by atoms with van der Waals surface area (Å²) in [7, 11) is 0. The zero-order valence-corrected chi connectivity index (χ0v) is 21.9. The van der Waals surface area contributed by atoms with E-state index in [0.717, 1.165) is 29.9 Å². The molecule has 0 radical (unpaired) electrons. The second kappa shape index (κ2) is 13.8. The Balaban J connectivity index is 1.79. The largest absolute Gasteiger partial charge is 0.372 e. The van der Waals surface area contributed by atoms with Gasteiger partial charge in [-0.3, -0.25) is 9.59 Å². The maximum atomic E-state index is 13.0. The van der Waals surface area contributed by atoms with E-state index in [2.05, 4.69) is 50.5 Å². The molecular formula is C29H29BrN4O2. The van der Waals surface area contributed by atoms with Gasteiger partial charge in [0, 0.05) is 28.8 Å². The first-order valence-electron chi connectivity index (χ1n) is 11.7. The van der Waals surface area contributed by atoms with E-state index >= 15 is 0 Å². The summed E-state index contributed by atoms with van der Waals surface area (Å²) in [6, 6.07) is 26.3. The van der Waals surface area contributed by atoms with Crippen molar-refractivity contribution in [2.24, 2.45) is 5.10 Å². The number of allylic oxidation sites excluding steroid dienone is 1. The van der Waals surface area contributed by atoms with Gasteiger partial charge in [-0.15, -0.1) is 0 Å². The maximum absolute atomic E-state index is 13.0. The monoisotopic (exact) mass is 544 g/mol. The zero-order valence-electron chi connectivity index (χ0n) is 20.3. The number of rotatable bonds is 10. The van der Waals surface area contributed by atoms with Gasteiger partial charge in [0.05, 0.1) is 6.21 Å². The predicted octanol–water partition coefficient (Wildman–Crippen LogP) is 5.84. The van der Waals surface area contributed by atoms with Gasteiger partial charge in [-0.25, -0.2) is 5.43 Å². The SMILES string of the molecule is CCN(CC)c1ccc(/C=C(\NC(=O)c2ccccc2)C(=O)NN=C/C(Br)=C\c2ccccc2)cc1. The minimum Gasteiger partial charge on any atom is -0.372 e. The van der Waals surface area contributed by atoms with E-state index in [-0.39, 0.29) is 11.6 Å². The number of benzene rings is 3. The summed E-state index contributed by atoms with van der Waals surface area (Å²) in [5.74, 6) is -0.922. The van der Waals surface area contributed by atoms with Crippen molar-refractivity contribution < 1.29 is 9.59 Å². The Hall–Kier alpha value is -3.97. The Morgan fingerprint density at radius 2 is 1.42 bits per heavy atom. The van der Waals surface area contributed by atoms with Crippen LogP contribution in [0.2, 0.25) is 0 Å². The minimum atomic E-state index is -0.539. The molecule has 0 spiro atoms. The van der Waals surface area contributed by atoms with Gasteiger partial charge in [0.25, 0.3) is 11.8 Å². The van der Waals surface area contributed by atoms with Gasteiger partial charge >= 0.3 is 0 Å². The maximum Gasteiger partial charge on any atom is 0.287 e. The summed E-state index contributed by atoms with van der Waals surface area (Å²) in [5.41, 5.74) is 5.89. The first-order valence-corrected chi connectivity index (χ1v) is 12.5. The molecule has 3 aromatic rings. The molecule has 0 fully saturated rings. The number of carbonyl (C=O) groups excluding carboxylic acids is 2. The van der Waals surface area contributed by atoms with Gasteiger partial charge in [-0.05, 0) is 77.3 Å². The molecule has 0 saturated heterocycles. The van der Waals surface area contributed by atoms with E-state index in [1.807, 2.05) is 66.7 Å². The number of halogens is 1. The smallest absolute Gasteiger partial charge is 0.287 e. The quantitative estimate of drug-likeness (QED) is 0.191. The minimum absolute atomic E-state index is 0.0831. The fraction of sp³-hybridized carbons (Fsp3) is 0.138. The summed E-state index contributed by atoms with van der Waals surface area (Å²) >= 11 is 3.43. The molecule has 0 unspecified atom stereocenters. The van der Waals surface area contributed by atoms with Crippen LogP contribution in [0.4, 0.5) is 5.69 Å². The summed E-state index contributed by atoms with van der Waals surface area (Å²) in [6.45, 7) is 6.01. The highest BCUT2D eigenvalue weighted by molar-refractivity contribution is 9.12. The molecule has 2 N–H and O–H groups in total. The zero-order chi connectivity index (χ0) is 25.8. The molecule has 0 aliphatic rings. The lowest BCUT2D eigenvalue weighted by Gasteiger charge is -2.20. The number of hydrazone groups is 1. The van der Waals surface area contributed by atoms with Crippen LogP contribution in [0.15, 0.2) is 100 Å². The van der Waals surface area contributed by atoms with Gasteiger partial charge in [0.15, 0.2) is 0 Å². The van der Waals surface area contributed by atoms with Crippen LogP contribution in [0, 0.1) is 0 Å². The Morgan fingerprint density at radius 1 is 0.833 bits per heavy atom. The van der Waals surface area contributed by atoms with Crippen LogP contribution in [-0.4, -0.2) is 31.1 Å². The van der Waals surface area contributed by atoms with Gasteiger partial charge < -0.3 is 10.2 Å². The predicted molar refractivity (Wildman–Crippen MR) is 152 cm³/mol. The normalized spacial score (nSPS) is 11.9. The van der Waals surface area contributed by atoms with Crippen LogP contribution >= 0.6 is 15.9 Å². The molecule has 0 bridgehead atoms. The molecule has 0 atom stereocenters. The summed E-state index contributed by atoms with van der Waals surface area (Å²) in [5, 5.41) is 6.75. The fourth-order valence-electron chi connectivity index (χ4n) is 3.44. The topological polar surface area (TPSA) is 73.8 Å². The van der Waals surface area contributed by atoms with Crippen molar-refractivity contribution in [3.63, 3.8) is 0 Å². The Bertz CT molecular complexity index is 1230. The molecule has 0 aliphatic carbocycles. The van der Waals surface area contributed by atoms with E-state index in [0.29, 0.717) is 10.0 Å². The Kier molecular flexibility index (Phi) is 10.2. The molecule has 3 aromatic carbocycles. The average molecular weight is 545 g/mol. The molecule has 7 heteroatoms. The lowest BCUT2D eigenvalue weighted by molar-refractivity contribution is -0.117. The summed E-state index contributed by atoms with van der Waals surface area (Å²) < 4.78 is 0.680. The molecule has 2 amide bonds. The Labute approximate surface area is 220 Å². The third-order valence-corrected chi connectivity index (χ3v) is 5.75. The second-order valence-electron chi connectivity index (χ2n) is 7.78. The summed E-state index contributed by atoms with van der Waals surface area (Å²) in [6.07, 6.45) is 4.99. The second-order valence-corrected chi connectivity index (χ2v) is 8.70. The number of amides is 2. The highest BCUT2D eigenvalue weighted by atomic mass is 79.9. The molecule has 6 nitrogen and oxygen atoms in total. The van der Waals surface area contributed by atoms with Crippen molar-refractivity contribution in [1.29, 1.82) is 0 Å². The lowest BCUT2D eigenvalue weighted by Crippen LogP contribution is -2.32. The highest BCUT2D eigenvalue weighted by Crippen LogP contribution is 2.17. The number of hydrogen-bond donors (Lipinski definition) is 2. The first-order chi connectivity index (χ1) is 17.5. The van der Waals surface area contributed by atoms with Crippen LogP contribution in [0.5, 0.6) is 0 Å². The first kappa shape index (κ1) is 26.6. The molecule has 0 saturated carbocycles. The molecule has 0 heterocycles. The molecule has 0 aliphatic heterocycles. The fourth-order valence-corrected chi connectivity index (χ4v) is 3.80. The van der Waals surface area contributed by atoms with Gasteiger partial charge in [-0.1, -0.05) is 60.7 Å². The molecular weight excluding hydrogens is 516 g/mol. The molecule has 184 valence electrons. The number of carbonyl (C=O) groups is 2. The highest BCUT2D eigenvalue weighted by Gasteiger charge is 2.14. The van der Waals surface area contributed by atoms with E-state index in [1.165, 1.54) is 6.21 Å². The molecule has 0 aromatic heterocycles. The molecule has 36 heavy (non-hydrogen) atoms. The van der Waals surface area contributed by atoms with Crippen LogP contribution in [0.1, 0.15) is 35.3 Å². The van der Waals surface area contributed by atoms with Gasteiger partial charge in [0.2, 0.25) is 0 Å². The van der Waals surface area contributed by atoms with Crippen LogP contribution in [0.25, 0.3) is 12.2 Å². The lowest BCUT2D eigenvalue weighted by atomic mass is 10.1. The third-order valence-electron chi connectivity index (χ3n) is 5.32. The van der Waals surface area contributed by atoms with Crippen LogP contribution < -0.4 is 15.6 Å². The van der Waals surface area contributed by atoms with E-state index in [9.17, 15) is 9.59 Å². The number of nitrogens with zero attached hydrogens (tertiary/aromatic N) is 2. The average Bonchev–Trinajstić information content (AvgIpc) is 2.91. The van der Waals surface area contributed by atoms with E-state index in [4.69, 9.17) is 0 Å². The van der Waals surface area contributed by atoms with Crippen molar-refractivity contribution in [1.82, 2.24) is 10.7 Å². The van der Waals surface area contributed by atoms with Crippen molar-refractivity contribution in [2.45, 2.75) is 13.8 Å². The van der Waals surface area contributed by atoms with Crippen molar-refractivity contribution >= 4 is 51.8 Å². The molecule has 3 rings (SSSR count). The van der Waals surface area contributed by atoms with Gasteiger partial charge in [0.1, 0.15) is 5.70 Å². The number of anilines is 1. The third kappa shape index (κ3) is 8.06. The standard InChI is InChI=1S/C29H29BrN4O2/c1-3-34(4-2)26-17-15-23(16-18-26)20-27(32-28(35)24-13-9-6-10-14-24)29(36)33-31-21-25(30)19-22-11-7-5-8-12-22/h5-21H,3-4H2,1-2H3,(H,32,35)(H,33,36)/b25-19+,27-20-,31-21?. The van der Waals surface area contributed by atoms with Crippen molar-refractivity contribution in [3.05, 3.63) is 112 Å². The van der Waals surface area contributed by atoms with Gasteiger partial charge in [-0.2, -0.15) is 5.10 Å². The van der Waals surface area contributed by atoms with Crippen LogP contribution in [0.3, 0.4) is 0 Å². The summed E-state index contributed by atoms with van der Waals surface area (Å²) in [4.78, 5) is 28.0. The van der Waals surface area contributed by atoms with E-state index in [1.54, 1.807) is 30.3 Å². The number of hydrogen-bond acceptors (Lipinski definition) is 4. The van der Waals surface area contributed by atoms with Crippen molar-refractivity contribution in [2.75, 3.05) is 18.0 Å².